The number of hydrogen-bond acceptors (Lipinski definition) is 4. The first kappa shape index (κ1) is 21.1. The van der Waals surface area contributed by atoms with Gasteiger partial charge in [0.15, 0.2) is 0 Å². The van der Waals surface area contributed by atoms with Gasteiger partial charge in [0.25, 0.3) is 5.91 Å². The smallest absolute Gasteiger partial charge is 0.266 e. The average Bonchev–Trinajstić information content (AvgIpc) is 3.24. The highest BCUT2D eigenvalue weighted by Gasteiger charge is 2.28. The number of amides is 1. The molecule has 5 nitrogen and oxygen atoms in total. The maximum Gasteiger partial charge on any atom is 0.266 e. The van der Waals surface area contributed by atoms with Gasteiger partial charge in [0.1, 0.15) is 4.88 Å². The molecule has 1 amide bonds. The van der Waals surface area contributed by atoms with Crippen LogP contribution in [0.5, 0.6) is 0 Å². The van der Waals surface area contributed by atoms with E-state index in [1.54, 1.807) is 0 Å². The number of aromatic nitrogens is 3. The van der Waals surface area contributed by atoms with Gasteiger partial charge in [0.2, 0.25) is 5.13 Å². The third-order valence-electron chi connectivity index (χ3n) is 5.99. The summed E-state index contributed by atoms with van der Waals surface area (Å²) in [5.74, 6) is 0.0984. The Bertz CT molecular complexity index is 1090. The average molecular weight is 443 g/mol. The van der Waals surface area contributed by atoms with E-state index in [4.69, 9.17) is 21.7 Å². The Kier molecular flexibility index (Phi) is 5.98. The molecule has 3 heterocycles. The lowest BCUT2D eigenvalue weighted by Crippen LogP contribution is -2.41. The molecule has 1 aliphatic heterocycles. The first-order chi connectivity index (χ1) is 14.4. The van der Waals surface area contributed by atoms with Gasteiger partial charge in [-0.05, 0) is 58.6 Å². The van der Waals surface area contributed by atoms with E-state index in [0.717, 1.165) is 69.0 Å². The quantitative estimate of drug-likeness (QED) is 0.535. The third kappa shape index (κ3) is 3.91. The summed E-state index contributed by atoms with van der Waals surface area (Å²) >= 11 is 7.80. The molecule has 0 N–H and O–H groups in total. The predicted octanol–water partition coefficient (Wildman–Crippen LogP) is 5.51. The Balaban J connectivity index is 1.65. The summed E-state index contributed by atoms with van der Waals surface area (Å²) in [7, 11) is 0. The number of rotatable bonds is 4. The van der Waals surface area contributed by atoms with Gasteiger partial charge < -0.3 is 4.90 Å². The van der Waals surface area contributed by atoms with Crippen LogP contribution in [0.3, 0.4) is 0 Å². The van der Waals surface area contributed by atoms with Crippen molar-refractivity contribution in [1.82, 2.24) is 19.7 Å². The third-order valence-corrected chi connectivity index (χ3v) is 7.48. The molecule has 1 aromatic carbocycles. The molecule has 0 radical (unpaired) electrons. The van der Waals surface area contributed by atoms with Crippen LogP contribution in [0.15, 0.2) is 24.3 Å². The number of carbonyl (C=O) groups is 1. The number of piperidine rings is 1. The van der Waals surface area contributed by atoms with Crippen LogP contribution in [0, 0.1) is 20.8 Å². The Labute approximate surface area is 186 Å². The topological polar surface area (TPSA) is 51.0 Å². The summed E-state index contributed by atoms with van der Waals surface area (Å²) in [6.45, 7) is 8.94. The Morgan fingerprint density at radius 1 is 1.20 bits per heavy atom. The molecule has 0 spiro atoms. The van der Waals surface area contributed by atoms with Gasteiger partial charge in [0, 0.05) is 35.3 Å². The monoisotopic (exact) mass is 442 g/mol. The van der Waals surface area contributed by atoms with Gasteiger partial charge in [-0.25, -0.2) is 9.67 Å². The van der Waals surface area contributed by atoms with Crippen LogP contribution in [0.2, 0.25) is 5.02 Å². The standard InChI is InChI=1S/C23H27ClN4OS/c1-14-9-7-8-12-27(14)22(29)21-16(3)25-23(30-21)28-17(4)19(15(2)26-28)13-18-10-5-6-11-20(18)24/h5-6,10-11,14H,7-9,12-13H2,1-4H3/t14-/m1/s1. The van der Waals surface area contributed by atoms with Crippen molar-refractivity contribution in [3.63, 3.8) is 0 Å². The summed E-state index contributed by atoms with van der Waals surface area (Å²) < 4.78 is 1.87. The van der Waals surface area contributed by atoms with Crippen LogP contribution in [0.1, 0.15) is 64.1 Å². The number of carbonyl (C=O) groups excluding carboxylic acids is 1. The largest absolute Gasteiger partial charge is 0.335 e. The van der Waals surface area contributed by atoms with Crippen molar-refractivity contribution in [2.75, 3.05) is 6.54 Å². The van der Waals surface area contributed by atoms with Crippen molar-refractivity contribution in [1.29, 1.82) is 0 Å². The molecular formula is C23H27ClN4OS. The van der Waals surface area contributed by atoms with Gasteiger partial charge in [-0.15, -0.1) is 0 Å². The molecule has 3 aromatic rings. The lowest BCUT2D eigenvalue weighted by Gasteiger charge is -2.33. The fraction of sp³-hybridized carbons (Fsp3) is 0.435. The second-order valence-electron chi connectivity index (χ2n) is 8.08. The number of thiazole rings is 1. The van der Waals surface area contributed by atoms with Crippen LogP contribution in [0.25, 0.3) is 5.13 Å². The zero-order valence-corrected chi connectivity index (χ0v) is 19.5. The zero-order valence-electron chi connectivity index (χ0n) is 17.9. The van der Waals surface area contributed by atoms with Crippen molar-refractivity contribution < 1.29 is 4.79 Å². The fourth-order valence-electron chi connectivity index (χ4n) is 4.15. The maximum atomic E-state index is 13.2. The predicted molar refractivity (Wildman–Crippen MR) is 122 cm³/mol. The highest BCUT2D eigenvalue weighted by atomic mass is 35.5. The number of hydrogen-bond donors (Lipinski definition) is 0. The fourth-order valence-corrected chi connectivity index (χ4v) is 5.38. The zero-order chi connectivity index (χ0) is 21.4. The first-order valence-electron chi connectivity index (χ1n) is 10.4. The summed E-state index contributed by atoms with van der Waals surface area (Å²) in [6.07, 6.45) is 4.06. The van der Waals surface area contributed by atoms with Crippen molar-refractivity contribution in [2.24, 2.45) is 0 Å². The molecule has 4 rings (SSSR count). The highest BCUT2D eigenvalue weighted by Crippen LogP contribution is 2.29. The highest BCUT2D eigenvalue weighted by molar-refractivity contribution is 7.16. The molecular weight excluding hydrogens is 416 g/mol. The van der Waals surface area contributed by atoms with Gasteiger partial charge in [-0.3, -0.25) is 4.79 Å². The molecule has 158 valence electrons. The summed E-state index contributed by atoms with van der Waals surface area (Å²) in [6, 6.07) is 8.18. The number of aryl methyl sites for hydroxylation is 2. The van der Waals surface area contributed by atoms with Crippen LogP contribution >= 0.6 is 22.9 Å². The summed E-state index contributed by atoms with van der Waals surface area (Å²) in [5, 5.41) is 6.25. The number of halogens is 1. The minimum atomic E-state index is 0.0984. The van der Waals surface area contributed by atoms with Crippen LogP contribution in [-0.4, -0.2) is 38.2 Å². The molecule has 1 atom stereocenters. The van der Waals surface area contributed by atoms with Crippen LogP contribution < -0.4 is 0 Å². The van der Waals surface area contributed by atoms with Crippen LogP contribution in [0.4, 0.5) is 0 Å². The van der Waals surface area contributed by atoms with Gasteiger partial charge >= 0.3 is 0 Å². The molecule has 1 aliphatic rings. The molecule has 1 fully saturated rings. The number of likely N-dealkylation sites (tertiary alicyclic amines) is 1. The first-order valence-corrected chi connectivity index (χ1v) is 11.6. The lowest BCUT2D eigenvalue weighted by molar-refractivity contribution is 0.0639. The molecule has 0 bridgehead atoms. The van der Waals surface area contributed by atoms with E-state index in [-0.39, 0.29) is 11.9 Å². The Hall–Kier alpha value is -2.18. The Morgan fingerprint density at radius 3 is 2.70 bits per heavy atom. The molecule has 0 unspecified atom stereocenters. The van der Waals surface area contributed by atoms with Gasteiger partial charge in [-0.1, -0.05) is 41.1 Å². The molecule has 1 saturated heterocycles. The second-order valence-corrected chi connectivity index (χ2v) is 9.47. The second kappa shape index (κ2) is 8.52. The Morgan fingerprint density at radius 2 is 1.97 bits per heavy atom. The maximum absolute atomic E-state index is 13.2. The number of nitrogens with zero attached hydrogens (tertiary/aromatic N) is 4. The van der Waals surface area contributed by atoms with Crippen molar-refractivity contribution >= 4 is 28.8 Å². The summed E-state index contributed by atoms with van der Waals surface area (Å²) in [5.41, 5.74) is 4.99. The van der Waals surface area contributed by atoms with E-state index >= 15 is 0 Å². The normalized spacial score (nSPS) is 16.8. The van der Waals surface area contributed by atoms with E-state index in [1.165, 1.54) is 17.8 Å². The van der Waals surface area contributed by atoms with Crippen molar-refractivity contribution in [3.05, 3.63) is 62.4 Å². The van der Waals surface area contributed by atoms with E-state index < -0.39 is 0 Å². The lowest BCUT2D eigenvalue weighted by atomic mass is 10.0. The van der Waals surface area contributed by atoms with Gasteiger partial charge in [-0.2, -0.15) is 5.10 Å². The number of benzene rings is 1. The minimum absolute atomic E-state index is 0.0984. The molecule has 0 saturated carbocycles. The van der Waals surface area contributed by atoms with Gasteiger partial charge in [0.05, 0.1) is 11.4 Å². The molecule has 7 heteroatoms. The summed E-state index contributed by atoms with van der Waals surface area (Å²) in [4.78, 5) is 20.6. The minimum Gasteiger partial charge on any atom is -0.335 e. The van der Waals surface area contributed by atoms with E-state index in [0.29, 0.717) is 0 Å². The van der Waals surface area contributed by atoms with E-state index in [1.807, 2.05) is 47.7 Å². The van der Waals surface area contributed by atoms with E-state index in [2.05, 4.69) is 13.8 Å². The van der Waals surface area contributed by atoms with Crippen LogP contribution in [-0.2, 0) is 6.42 Å². The molecule has 30 heavy (non-hydrogen) atoms. The molecule has 2 aromatic heterocycles. The van der Waals surface area contributed by atoms with Crippen molar-refractivity contribution in [2.45, 2.75) is 59.4 Å². The van der Waals surface area contributed by atoms with E-state index in [9.17, 15) is 4.79 Å². The van der Waals surface area contributed by atoms with Crippen molar-refractivity contribution in [3.8, 4) is 5.13 Å². The SMILES string of the molecule is Cc1nc(-n2nc(C)c(Cc3ccccc3Cl)c2C)sc1C(=O)N1CCCC[C@H]1C. The molecule has 0 aliphatic carbocycles.